The minimum absolute atomic E-state index is 0.0279. The van der Waals surface area contributed by atoms with Gasteiger partial charge in [0.25, 0.3) is 0 Å². The van der Waals surface area contributed by atoms with E-state index in [-0.39, 0.29) is 11.1 Å². The van der Waals surface area contributed by atoms with E-state index in [4.69, 9.17) is 4.98 Å². The van der Waals surface area contributed by atoms with Crippen molar-refractivity contribution in [1.82, 2.24) is 39.5 Å². The highest BCUT2D eigenvalue weighted by Crippen LogP contribution is 2.48. The Hall–Kier alpha value is -3.51. The second-order valence-corrected chi connectivity index (χ2v) is 8.44. The third-order valence-corrected chi connectivity index (χ3v) is 6.18. The largest absolute Gasteiger partial charge is 0.314 e. The van der Waals surface area contributed by atoms with Crippen LogP contribution in [0.4, 0.5) is 0 Å². The van der Waals surface area contributed by atoms with Gasteiger partial charge in [0.05, 0.1) is 59.7 Å². The first-order valence-electron chi connectivity index (χ1n) is 9.90. The van der Waals surface area contributed by atoms with Gasteiger partial charge in [0, 0.05) is 36.1 Å². The summed E-state index contributed by atoms with van der Waals surface area (Å²) in [6, 6.07) is 4.29. The number of nitriles is 1. The molecular weight excluding hydrogens is 378 g/mol. The lowest BCUT2D eigenvalue weighted by Gasteiger charge is -2.53. The van der Waals surface area contributed by atoms with Crippen molar-refractivity contribution in [2.45, 2.75) is 37.3 Å². The summed E-state index contributed by atoms with van der Waals surface area (Å²) in [5, 5.41) is 26.1. The highest BCUT2D eigenvalue weighted by molar-refractivity contribution is 5.78. The molecule has 0 aliphatic heterocycles. The van der Waals surface area contributed by atoms with Crippen molar-refractivity contribution < 1.29 is 0 Å². The summed E-state index contributed by atoms with van der Waals surface area (Å²) >= 11 is 0. The van der Waals surface area contributed by atoms with Crippen LogP contribution in [0.15, 0.2) is 43.2 Å². The zero-order chi connectivity index (χ0) is 20.9. The number of aryl methyl sites for hydroxylation is 1. The predicted molar refractivity (Wildman–Crippen MR) is 111 cm³/mol. The maximum Gasteiger partial charge on any atom is 0.0999 e. The molecule has 9 nitrogen and oxygen atoms in total. The SMILES string of the molecule is CNC1(C)CC(CC#N)(n2cc(-c3nc(-c4cnn(C)c4)cn4nccc34)cn2)C1. The Kier molecular flexibility index (Phi) is 4.01. The summed E-state index contributed by atoms with van der Waals surface area (Å²) in [6.45, 7) is 2.18. The average Bonchev–Trinajstić information content (AvgIpc) is 3.46. The van der Waals surface area contributed by atoms with Crippen LogP contribution in [0.25, 0.3) is 28.0 Å². The van der Waals surface area contributed by atoms with E-state index in [1.165, 1.54) is 0 Å². The zero-order valence-corrected chi connectivity index (χ0v) is 17.2. The molecule has 0 aromatic carbocycles. The van der Waals surface area contributed by atoms with Crippen molar-refractivity contribution >= 4 is 5.52 Å². The average molecular weight is 401 g/mol. The Morgan fingerprint density at radius 1 is 1.13 bits per heavy atom. The maximum absolute atomic E-state index is 9.43. The standard InChI is InChI=1S/C21H23N9/c1-20(23-2)13-21(14-20,5-6-22)30-11-16(9-26-30)19-18-4-7-24-29(18)12-17(27-19)15-8-25-28(3)10-15/h4,7-12,23H,5,13-14H2,1-3H3. The Labute approximate surface area is 174 Å². The molecular formula is C21H23N9. The number of hydrogen-bond acceptors (Lipinski definition) is 6. The minimum Gasteiger partial charge on any atom is -0.314 e. The fraction of sp³-hybridized carbons (Fsp3) is 0.381. The van der Waals surface area contributed by atoms with Gasteiger partial charge < -0.3 is 5.32 Å². The number of aromatic nitrogens is 7. The second kappa shape index (κ2) is 6.50. The van der Waals surface area contributed by atoms with Gasteiger partial charge in [-0.2, -0.15) is 20.6 Å². The first-order chi connectivity index (χ1) is 14.5. The molecule has 1 aliphatic rings. The third-order valence-electron chi connectivity index (χ3n) is 6.18. The van der Waals surface area contributed by atoms with E-state index in [9.17, 15) is 5.26 Å². The van der Waals surface area contributed by atoms with Crippen LogP contribution in [-0.4, -0.2) is 46.7 Å². The number of hydrogen-bond donors (Lipinski definition) is 1. The molecule has 0 saturated heterocycles. The summed E-state index contributed by atoms with van der Waals surface area (Å²) < 4.78 is 5.54. The molecule has 1 N–H and O–H groups in total. The van der Waals surface area contributed by atoms with Crippen molar-refractivity contribution in [1.29, 1.82) is 5.26 Å². The third kappa shape index (κ3) is 2.80. The quantitative estimate of drug-likeness (QED) is 0.551. The van der Waals surface area contributed by atoms with Gasteiger partial charge in [-0.15, -0.1) is 0 Å². The maximum atomic E-state index is 9.43. The second-order valence-electron chi connectivity index (χ2n) is 8.44. The summed E-state index contributed by atoms with van der Waals surface area (Å²) in [6.07, 6.45) is 13.4. The van der Waals surface area contributed by atoms with Gasteiger partial charge in [-0.05, 0) is 32.9 Å². The van der Waals surface area contributed by atoms with Crippen LogP contribution in [0.1, 0.15) is 26.2 Å². The Balaban J connectivity index is 1.58. The van der Waals surface area contributed by atoms with Crippen LogP contribution < -0.4 is 5.32 Å². The topological polar surface area (TPSA) is 102 Å². The van der Waals surface area contributed by atoms with Gasteiger partial charge in [0.2, 0.25) is 0 Å². The van der Waals surface area contributed by atoms with E-state index in [1.54, 1.807) is 17.1 Å². The molecule has 5 rings (SSSR count). The Bertz CT molecular complexity index is 1260. The Morgan fingerprint density at radius 3 is 2.63 bits per heavy atom. The molecule has 30 heavy (non-hydrogen) atoms. The monoisotopic (exact) mass is 401 g/mol. The molecule has 1 fully saturated rings. The summed E-state index contributed by atoms with van der Waals surface area (Å²) in [7, 11) is 3.85. The molecule has 4 aromatic rings. The molecule has 1 saturated carbocycles. The smallest absolute Gasteiger partial charge is 0.0999 e. The summed E-state index contributed by atoms with van der Waals surface area (Å²) in [5.74, 6) is 0. The molecule has 0 bridgehead atoms. The number of nitrogens with one attached hydrogen (secondary N) is 1. The van der Waals surface area contributed by atoms with Crippen LogP contribution >= 0.6 is 0 Å². The normalized spacial score (nSPS) is 23.4. The number of nitrogens with zero attached hydrogens (tertiary/aromatic N) is 8. The van der Waals surface area contributed by atoms with E-state index < -0.39 is 0 Å². The molecule has 9 heteroatoms. The van der Waals surface area contributed by atoms with Crippen LogP contribution in [-0.2, 0) is 12.6 Å². The highest BCUT2D eigenvalue weighted by Gasteiger charge is 2.53. The molecule has 0 amide bonds. The summed E-state index contributed by atoms with van der Waals surface area (Å²) in [5.41, 5.74) is 4.07. The van der Waals surface area contributed by atoms with Crippen molar-refractivity contribution in [3.63, 3.8) is 0 Å². The van der Waals surface area contributed by atoms with Gasteiger partial charge >= 0.3 is 0 Å². The lowest BCUT2D eigenvalue weighted by Crippen LogP contribution is -2.62. The van der Waals surface area contributed by atoms with E-state index >= 15 is 0 Å². The molecule has 0 radical (unpaired) electrons. The molecule has 0 atom stereocenters. The van der Waals surface area contributed by atoms with Crippen molar-refractivity contribution in [2.75, 3.05) is 7.05 Å². The molecule has 1 aliphatic carbocycles. The van der Waals surface area contributed by atoms with Crippen molar-refractivity contribution in [3.05, 3.63) is 43.2 Å². The lowest BCUT2D eigenvalue weighted by molar-refractivity contribution is 0.0220. The van der Waals surface area contributed by atoms with Gasteiger partial charge in [0.15, 0.2) is 0 Å². The van der Waals surface area contributed by atoms with E-state index in [0.717, 1.165) is 40.9 Å². The molecule has 4 aromatic heterocycles. The fourth-order valence-corrected chi connectivity index (χ4v) is 4.63. The number of rotatable bonds is 5. The van der Waals surface area contributed by atoms with Gasteiger partial charge in [-0.3, -0.25) is 9.36 Å². The fourth-order valence-electron chi connectivity index (χ4n) is 4.63. The van der Waals surface area contributed by atoms with Gasteiger partial charge in [0.1, 0.15) is 0 Å². The van der Waals surface area contributed by atoms with E-state index in [1.807, 2.05) is 54.1 Å². The molecule has 0 spiro atoms. The van der Waals surface area contributed by atoms with Crippen LogP contribution in [0.3, 0.4) is 0 Å². The van der Waals surface area contributed by atoms with Gasteiger partial charge in [-0.25, -0.2) is 9.50 Å². The summed E-state index contributed by atoms with van der Waals surface area (Å²) in [4.78, 5) is 4.91. The molecule has 4 heterocycles. The van der Waals surface area contributed by atoms with Crippen molar-refractivity contribution in [3.8, 4) is 28.6 Å². The lowest BCUT2D eigenvalue weighted by atomic mass is 9.62. The molecule has 152 valence electrons. The van der Waals surface area contributed by atoms with Crippen molar-refractivity contribution in [2.24, 2.45) is 7.05 Å². The minimum atomic E-state index is -0.289. The highest BCUT2D eigenvalue weighted by atomic mass is 15.3. The first-order valence-corrected chi connectivity index (χ1v) is 9.90. The molecule has 0 unspecified atom stereocenters. The zero-order valence-electron chi connectivity index (χ0n) is 17.2. The van der Waals surface area contributed by atoms with Gasteiger partial charge in [-0.1, -0.05) is 0 Å². The Morgan fingerprint density at radius 2 is 1.93 bits per heavy atom. The van der Waals surface area contributed by atoms with Crippen LogP contribution in [0, 0.1) is 11.3 Å². The number of fused-ring (bicyclic) bond motifs is 1. The van der Waals surface area contributed by atoms with E-state index in [2.05, 4.69) is 33.6 Å². The van der Waals surface area contributed by atoms with Crippen LogP contribution in [0.5, 0.6) is 0 Å². The van der Waals surface area contributed by atoms with Crippen LogP contribution in [0.2, 0.25) is 0 Å². The predicted octanol–water partition coefficient (Wildman–Crippen LogP) is 2.37. The van der Waals surface area contributed by atoms with E-state index in [0.29, 0.717) is 6.42 Å². The first kappa shape index (κ1) is 18.5.